The van der Waals surface area contributed by atoms with Crippen molar-refractivity contribution in [3.8, 4) is 0 Å². The third-order valence-corrected chi connectivity index (χ3v) is 8.93. The van der Waals surface area contributed by atoms with E-state index in [9.17, 15) is 9.59 Å². The van der Waals surface area contributed by atoms with Crippen molar-refractivity contribution in [2.24, 2.45) is 0 Å². The van der Waals surface area contributed by atoms with E-state index in [1.807, 2.05) is 84.9 Å². The van der Waals surface area contributed by atoms with Gasteiger partial charge in [0.1, 0.15) is 0 Å². The molecule has 8 heteroatoms. The van der Waals surface area contributed by atoms with Crippen molar-refractivity contribution in [1.82, 2.24) is 19.1 Å². The van der Waals surface area contributed by atoms with Crippen molar-refractivity contribution in [2.45, 2.75) is 36.2 Å². The normalized spacial score (nSPS) is 11.3. The van der Waals surface area contributed by atoms with Gasteiger partial charge in [0, 0.05) is 13.1 Å². The molecule has 40 heavy (non-hydrogen) atoms. The Bertz CT molecular complexity index is 1760. The molecule has 0 unspecified atom stereocenters. The minimum Gasteiger partial charge on any atom is -0.286 e. The fourth-order valence-corrected chi connectivity index (χ4v) is 6.82. The Balaban J connectivity index is 1.36. The van der Waals surface area contributed by atoms with Gasteiger partial charge in [0.2, 0.25) is 0 Å². The van der Waals surface area contributed by atoms with Gasteiger partial charge >= 0.3 is 0 Å². The maximum absolute atomic E-state index is 13.6. The zero-order valence-electron chi connectivity index (χ0n) is 21.6. The summed E-state index contributed by atoms with van der Waals surface area (Å²) in [5.41, 5.74) is 3.46. The predicted molar refractivity (Wildman–Crippen MR) is 164 cm³/mol. The van der Waals surface area contributed by atoms with Crippen LogP contribution in [0.2, 0.25) is 0 Å². The molecule has 0 aliphatic rings. The average molecular weight is 563 g/mol. The van der Waals surface area contributed by atoms with Crippen LogP contribution in [0.4, 0.5) is 0 Å². The molecule has 0 saturated heterocycles. The molecule has 0 aliphatic carbocycles. The molecule has 6 rings (SSSR count). The van der Waals surface area contributed by atoms with Crippen molar-refractivity contribution in [3.63, 3.8) is 0 Å². The van der Waals surface area contributed by atoms with Gasteiger partial charge < -0.3 is 0 Å². The standard InChI is InChI=1S/C32H26N4O2S2/c37-29-25-15-7-9-17-27(25)33-31(35(29)21-19-23-11-3-1-4-12-23)39-40-32-34-28-18-10-8-16-26(28)30(38)36(32)22-20-24-13-5-2-6-14-24/h1-18H,19-22H2. The maximum atomic E-state index is 13.6. The average Bonchev–Trinajstić information content (AvgIpc) is 3.00. The summed E-state index contributed by atoms with van der Waals surface area (Å²) in [6.07, 6.45) is 1.41. The first kappa shape index (κ1) is 26.1. The molecule has 0 fully saturated rings. The highest BCUT2D eigenvalue weighted by Gasteiger charge is 2.16. The largest absolute Gasteiger partial charge is 0.286 e. The van der Waals surface area contributed by atoms with E-state index < -0.39 is 0 Å². The summed E-state index contributed by atoms with van der Waals surface area (Å²) in [6.45, 7) is 0.991. The Morgan fingerprint density at radius 2 is 0.875 bits per heavy atom. The molecule has 2 aromatic heterocycles. The molecular weight excluding hydrogens is 537 g/mol. The topological polar surface area (TPSA) is 69.8 Å². The number of hydrogen-bond donors (Lipinski definition) is 0. The van der Waals surface area contributed by atoms with Gasteiger partial charge in [-0.15, -0.1) is 0 Å². The molecular formula is C32H26N4O2S2. The molecule has 2 heterocycles. The van der Waals surface area contributed by atoms with Crippen molar-refractivity contribution < 1.29 is 0 Å². The molecule has 0 aliphatic heterocycles. The lowest BCUT2D eigenvalue weighted by Gasteiger charge is -2.15. The van der Waals surface area contributed by atoms with Gasteiger partial charge in [0.05, 0.1) is 21.8 Å². The SMILES string of the molecule is O=c1c2ccccc2nc(SSc2nc3ccccc3c(=O)n2CCc2ccccc2)n1CCc1ccccc1. The molecule has 0 bridgehead atoms. The van der Waals surface area contributed by atoms with E-state index in [4.69, 9.17) is 9.97 Å². The molecule has 0 radical (unpaired) electrons. The van der Waals surface area contributed by atoms with Gasteiger partial charge in [0.15, 0.2) is 10.3 Å². The van der Waals surface area contributed by atoms with Gasteiger partial charge in [0.25, 0.3) is 11.1 Å². The van der Waals surface area contributed by atoms with Crippen LogP contribution in [-0.2, 0) is 25.9 Å². The second-order valence-electron chi connectivity index (χ2n) is 9.37. The second kappa shape index (κ2) is 11.9. The van der Waals surface area contributed by atoms with Crippen LogP contribution < -0.4 is 11.1 Å². The van der Waals surface area contributed by atoms with Crippen molar-refractivity contribution in [3.05, 3.63) is 141 Å². The van der Waals surface area contributed by atoms with Crippen LogP contribution >= 0.6 is 21.6 Å². The van der Waals surface area contributed by atoms with Crippen molar-refractivity contribution in [1.29, 1.82) is 0 Å². The number of aryl methyl sites for hydroxylation is 2. The van der Waals surface area contributed by atoms with E-state index >= 15 is 0 Å². The number of hydrogen-bond acceptors (Lipinski definition) is 6. The van der Waals surface area contributed by atoms with Gasteiger partial charge in [-0.1, -0.05) is 84.9 Å². The fraction of sp³-hybridized carbons (Fsp3) is 0.125. The minimum atomic E-state index is -0.0717. The lowest BCUT2D eigenvalue weighted by molar-refractivity contribution is 0.594. The van der Waals surface area contributed by atoms with Gasteiger partial charge in [-0.25, -0.2) is 9.97 Å². The van der Waals surface area contributed by atoms with E-state index in [1.165, 1.54) is 21.6 Å². The summed E-state index contributed by atoms with van der Waals surface area (Å²) >= 11 is 0. The highest BCUT2D eigenvalue weighted by atomic mass is 33.1. The van der Waals surface area contributed by atoms with Crippen molar-refractivity contribution >= 4 is 43.4 Å². The fourth-order valence-electron chi connectivity index (χ4n) is 4.66. The number of benzene rings is 4. The van der Waals surface area contributed by atoms with Gasteiger partial charge in [-0.2, -0.15) is 0 Å². The first-order chi connectivity index (χ1) is 19.7. The summed E-state index contributed by atoms with van der Waals surface area (Å²) in [4.78, 5) is 36.9. The number of aromatic nitrogens is 4. The number of nitrogens with zero attached hydrogens (tertiary/aromatic N) is 4. The Morgan fingerprint density at radius 3 is 1.30 bits per heavy atom. The molecule has 4 aromatic carbocycles. The van der Waals surface area contributed by atoms with Crippen LogP contribution in [0.15, 0.2) is 129 Å². The molecule has 0 N–H and O–H groups in total. The monoisotopic (exact) mass is 562 g/mol. The third-order valence-electron chi connectivity index (χ3n) is 6.78. The zero-order chi connectivity index (χ0) is 27.3. The lowest BCUT2D eigenvalue weighted by atomic mass is 10.1. The van der Waals surface area contributed by atoms with Crippen LogP contribution in [0.3, 0.4) is 0 Å². The molecule has 0 atom stereocenters. The van der Waals surface area contributed by atoms with Gasteiger partial charge in [-0.3, -0.25) is 18.7 Å². The van der Waals surface area contributed by atoms with Crippen LogP contribution in [0.25, 0.3) is 21.8 Å². The molecule has 6 aromatic rings. The summed E-state index contributed by atoms with van der Waals surface area (Å²) in [5, 5.41) is 2.35. The summed E-state index contributed by atoms with van der Waals surface area (Å²) < 4.78 is 3.47. The number of fused-ring (bicyclic) bond motifs is 2. The molecule has 6 nitrogen and oxygen atoms in total. The minimum absolute atomic E-state index is 0.0717. The third kappa shape index (κ3) is 5.59. The quantitative estimate of drug-likeness (QED) is 0.150. The summed E-state index contributed by atoms with van der Waals surface area (Å²) in [5.74, 6) is 0. The Morgan fingerprint density at radius 1 is 0.500 bits per heavy atom. The smallest absolute Gasteiger partial charge is 0.262 e. The van der Waals surface area contributed by atoms with Crippen LogP contribution in [-0.4, -0.2) is 19.1 Å². The predicted octanol–water partition coefficient (Wildman–Crippen LogP) is 6.39. The molecule has 0 amide bonds. The van der Waals surface area contributed by atoms with Crippen LogP contribution in [0, 0.1) is 0 Å². The Hall–Kier alpha value is -4.14. The number of para-hydroxylation sites is 2. The van der Waals surface area contributed by atoms with Crippen LogP contribution in [0.1, 0.15) is 11.1 Å². The summed E-state index contributed by atoms with van der Waals surface area (Å²) in [6, 6.07) is 35.1. The zero-order valence-corrected chi connectivity index (χ0v) is 23.3. The second-order valence-corrected chi connectivity index (χ2v) is 11.4. The van der Waals surface area contributed by atoms with E-state index in [-0.39, 0.29) is 11.1 Å². The van der Waals surface area contributed by atoms with Crippen molar-refractivity contribution in [2.75, 3.05) is 0 Å². The van der Waals surface area contributed by atoms with E-state index in [0.717, 1.165) is 11.1 Å². The summed E-state index contributed by atoms with van der Waals surface area (Å²) in [7, 11) is 2.73. The van der Waals surface area contributed by atoms with E-state index in [0.29, 0.717) is 58.0 Å². The highest BCUT2D eigenvalue weighted by Crippen LogP contribution is 2.35. The number of rotatable bonds is 9. The molecule has 0 spiro atoms. The Labute approximate surface area is 239 Å². The van der Waals surface area contributed by atoms with Crippen LogP contribution in [0.5, 0.6) is 0 Å². The van der Waals surface area contributed by atoms with E-state index in [1.54, 1.807) is 9.13 Å². The van der Waals surface area contributed by atoms with Gasteiger partial charge in [-0.05, 0) is 69.8 Å². The first-order valence-electron chi connectivity index (χ1n) is 13.1. The maximum Gasteiger partial charge on any atom is 0.262 e. The Kier molecular flexibility index (Phi) is 7.79. The first-order valence-corrected chi connectivity index (χ1v) is 15.2. The van der Waals surface area contributed by atoms with E-state index in [2.05, 4.69) is 24.3 Å². The molecule has 198 valence electrons. The molecule has 0 saturated carbocycles. The lowest BCUT2D eigenvalue weighted by Crippen LogP contribution is -2.25. The highest BCUT2D eigenvalue weighted by molar-refractivity contribution is 8.76.